The van der Waals surface area contributed by atoms with Gasteiger partial charge in [-0.3, -0.25) is 14.5 Å². The predicted octanol–water partition coefficient (Wildman–Crippen LogP) is 2.89. The summed E-state index contributed by atoms with van der Waals surface area (Å²) in [7, 11) is 0. The van der Waals surface area contributed by atoms with Gasteiger partial charge in [0.2, 0.25) is 5.91 Å². The molecule has 0 spiro atoms. The summed E-state index contributed by atoms with van der Waals surface area (Å²) in [6, 6.07) is 7.61. The highest BCUT2D eigenvalue weighted by Crippen LogP contribution is 2.18. The monoisotopic (exact) mass is 331 g/mol. The first kappa shape index (κ1) is 18.5. The Bertz CT molecular complexity index is 571. The molecule has 24 heavy (non-hydrogen) atoms. The molecule has 0 saturated carbocycles. The number of hydrogen-bond acceptors (Lipinski definition) is 3. The van der Waals surface area contributed by atoms with Crippen LogP contribution >= 0.6 is 0 Å². The molecule has 0 bridgehead atoms. The summed E-state index contributed by atoms with van der Waals surface area (Å²) >= 11 is 0. The third-order valence-electron chi connectivity index (χ3n) is 4.40. The molecule has 1 aliphatic heterocycles. The van der Waals surface area contributed by atoms with Crippen LogP contribution in [0.15, 0.2) is 24.3 Å². The fourth-order valence-electron chi connectivity index (χ4n) is 2.95. The number of hydrogen-bond donors (Lipinski definition) is 2. The number of carbonyl (C=O) groups excluding carboxylic acids is 2. The fraction of sp³-hybridized carbons (Fsp3) is 0.579. The number of anilines is 1. The van der Waals surface area contributed by atoms with Gasteiger partial charge in [0.1, 0.15) is 0 Å². The first-order valence-corrected chi connectivity index (χ1v) is 8.88. The highest BCUT2D eigenvalue weighted by Gasteiger charge is 2.21. The number of likely N-dealkylation sites (tertiary alicyclic amines) is 1. The van der Waals surface area contributed by atoms with E-state index in [1.165, 1.54) is 6.42 Å². The molecule has 1 aliphatic rings. The molecule has 0 radical (unpaired) electrons. The van der Waals surface area contributed by atoms with Crippen molar-refractivity contribution in [1.82, 2.24) is 10.2 Å². The maximum absolute atomic E-state index is 12.4. The zero-order chi connectivity index (χ0) is 17.5. The molecule has 5 nitrogen and oxygen atoms in total. The second kappa shape index (κ2) is 8.83. The molecule has 5 heteroatoms. The second-order valence-electron chi connectivity index (χ2n) is 7.01. The lowest BCUT2D eigenvalue weighted by Crippen LogP contribution is -2.42. The van der Waals surface area contributed by atoms with Gasteiger partial charge in [0.25, 0.3) is 5.91 Å². The van der Waals surface area contributed by atoms with E-state index in [0.717, 1.165) is 19.4 Å². The minimum atomic E-state index is -0.147. The molecule has 1 atom stereocenters. The summed E-state index contributed by atoms with van der Waals surface area (Å²) in [6.07, 6.45) is 3.52. The van der Waals surface area contributed by atoms with E-state index in [1.54, 1.807) is 12.1 Å². The molecule has 1 aromatic carbocycles. The quantitative estimate of drug-likeness (QED) is 0.842. The average molecular weight is 331 g/mol. The Hall–Kier alpha value is -1.88. The summed E-state index contributed by atoms with van der Waals surface area (Å²) in [5.41, 5.74) is 1.09. The van der Waals surface area contributed by atoms with Crippen molar-refractivity contribution < 1.29 is 9.59 Å². The zero-order valence-electron chi connectivity index (χ0n) is 15.0. The average Bonchev–Trinajstić information content (AvgIpc) is 2.55. The standard InChI is InChI=1S/C19H29N3O2/c1-14(2)12-20-19(24)16-9-4-5-10-17(16)21-18(23)13-22-11-7-6-8-15(22)3/h4-5,9-10,14-15H,6-8,11-13H2,1-3H3,(H,20,24)(H,21,23)/t15-/m0/s1. The minimum Gasteiger partial charge on any atom is -0.352 e. The van der Waals surface area contributed by atoms with Crippen LogP contribution in [-0.4, -0.2) is 42.4 Å². The van der Waals surface area contributed by atoms with E-state index < -0.39 is 0 Å². The maximum atomic E-state index is 12.4. The highest BCUT2D eigenvalue weighted by atomic mass is 16.2. The topological polar surface area (TPSA) is 61.4 Å². The van der Waals surface area contributed by atoms with Crippen LogP contribution in [-0.2, 0) is 4.79 Å². The van der Waals surface area contributed by atoms with Gasteiger partial charge in [0, 0.05) is 12.6 Å². The van der Waals surface area contributed by atoms with E-state index in [2.05, 4.69) is 22.5 Å². The van der Waals surface area contributed by atoms with E-state index in [-0.39, 0.29) is 11.8 Å². The van der Waals surface area contributed by atoms with E-state index in [0.29, 0.717) is 36.3 Å². The van der Waals surface area contributed by atoms with Gasteiger partial charge in [-0.15, -0.1) is 0 Å². The van der Waals surface area contributed by atoms with Crippen LogP contribution in [0.1, 0.15) is 50.4 Å². The molecule has 2 rings (SSSR count). The number of piperidine rings is 1. The molecular formula is C19H29N3O2. The Kier molecular flexibility index (Phi) is 6.79. The Morgan fingerprint density at radius 2 is 2.00 bits per heavy atom. The summed E-state index contributed by atoms with van der Waals surface area (Å²) < 4.78 is 0. The van der Waals surface area contributed by atoms with Gasteiger partial charge >= 0.3 is 0 Å². The van der Waals surface area contributed by atoms with E-state index in [9.17, 15) is 9.59 Å². The van der Waals surface area contributed by atoms with Gasteiger partial charge in [-0.2, -0.15) is 0 Å². The molecule has 0 unspecified atom stereocenters. The Morgan fingerprint density at radius 1 is 1.25 bits per heavy atom. The number of carbonyl (C=O) groups is 2. The first-order valence-electron chi connectivity index (χ1n) is 8.88. The largest absolute Gasteiger partial charge is 0.352 e. The SMILES string of the molecule is CC(C)CNC(=O)c1ccccc1NC(=O)CN1CCCC[C@@H]1C. The summed E-state index contributed by atoms with van der Waals surface area (Å²) in [5, 5.41) is 5.81. The first-order chi connectivity index (χ1) is 11.5. The van der Waals surface area contributed by atoms with Crippen LogP contribution in [0.3, 0.4) is 0 Å². The maximum Gasteiger partial charge on any atom is 0.253 e. The summed E-state index contributed by atoms with van der Waals surface area (Å²) in [6.45, 7) is 8.22. The van der Waals surface area contributed by atoms with Crippen molar-refractivity contribution in [1.29, 1.82) is 0 Å². The van der Waals surface area contributed by atoms with E-state index in [4.69, 9.17) is 0 Å². The Morgan fingerprint density at radius 3 is 2.71 bits per heavy atom. The van der Waals surface area contributed by atoms with Gasteiger partial charge in [0.15, 0.2) is 0 Å². The van der Waals surface area contributed by atoms with Crippen molar-refractivity contribution in [3.63, 3.8) is 0 Å². The van der Waals surface area contributed by atoms with Crippen LogP contribution < -0.4 is 10.6 Å². The lowest BCUT2D eigenvalue weighted by molar-refractivity contribution is -0.118. The molecule has 0 aromatic heterocycles. The molecule has 1 aromatic rings. The predicted molar refractivity (Wildman–Crippen MR) is 97.1 cm³/mol. The van der Waals surface area contributed by atoms with Crippen molar-refractivity contribution in [2.24, 2.45) is 5.92 Å². The lowest BCUT2D eigenvalue weighted by atomic mass is 10.0. The highest BCUT2D eigenvalue weighted by molar-refractivity contribution is 6.04. The van der Waals surface area contributed by atoms with Crippen molar-refractivity contribution in [2.75, 3.05) is 25.0 Å². The van der Waals surface area contributed by atoms with Gasteiger partial charge in [-0.25, -0.2) is 0 Å². The third kappa shape index (κ3) is 5.34. The second-order valence-corrected chi connectivity index (χ2v) is 7.01. The van der Waals surface area contributed by atoms with Crippen molar-refractivity contribution >= 4 is 17.5 Å². The van der Waals surface area contributed by atoms with Crippen LogP contribution in [0.5, 0.6) is 0 Å². The van der Waals surface area contributed by atoms with Crippen molar-refractivity contribution in [3.05, 3.63) is 29.8 Å². The molecular weight excluding hydrogens is 302 g/mol. The number of amides is 2. The third-order valence-corrected chi connectivity index (χ3v) is 4.40. The fourth-order valence-corrected chi connectivity index (χ4v) is 2.95. The van der Waals surface area contributed by atoms with E-state index >= 15 is 0 Å². The molecule has 2 amide bonds. The minimum absolute atomic E-state index is 0.0622. The molecule has 1 saturated heterocycles. The van der Waals surface area contributed by atoms with Crippen molar-refractivity contribution in [3.8, 4) is 0 Å². The number of rotatable bonds is 6. The Labute approximate surface area is 144 Å². The van der Waals surface area contributed by atoms with Crippen LogP contribution in [0.25, 0.3) is 0 Å². The molecule has 2 N–H and O–H groups in total. The normalized spacial score (nSPS) is 18.4. The van der Waals surface area contributed by atoms with Crippen LogP contribution in [0.4, 0.5) is 5.69 Å². The van der Waals surface area contributed by atoms with Gasteiger partial charge in [-0.05, 0) is 44.4 Å². The number of para-hydroxylation sites is 1. The summed E-state index contributed by atoms with van der Waals surface area (Å²) in [4.78, 5) is 26.9. The molecule has 1 fully saturated rings. The van der Waals surface area contributed by atoms with Gasteiger partial charge in [-0.1, -0.05) is 32.4 Å². The number of benzene rings is 1. The zero-order valence-corrected chi connectivity index (χ0v) is 15.0. The smallest absolute Gasteiger partial charge is 0.253 e. The molecule has 1 heterocycles. The van der Waals surface area contributed by atoms with Crippen LogP contribution in [0, 0.1) is 5.92 Å². The number of nitrogens with zero attached hydrogens (tertiary/aromatic N) is 1. The Balaban J connectivity index is 1.98. The van der Waals surface area contributed by atoms with Gasteiger partial charge in [0.05, 0.1) is 17.8 Å². The van der Waals surface area contributed by atoms with Crippen molar-refractivity contribution in [2.45, 2.75) is 46.1 Å². The number of nitrogens with one attached hydrogen (secondary N) is 2. The van der Waals surface area contributed by atoms with Crippen LogP contribution in [0.2, 0.25) is 0 Å². The summed E-state index contributed by atoms with van der Waals surface area (Å²) in [5.74, 6) is 0.176. The molecule has 132 valence electrons. The van der Waals surface area contributed by atoms with Gasteiger partial charge < -0.3 is 10.6 Å². The van der Waals surface area contributed by atoms with E-state index in [1.807, 2.05) is 26.0 Å². The molecule has 0 aliphatic carbocycles. The lowest BCUT2D eigenvalue weighted by Gasteiger charge is -2.32.